The number of aromatic nitrogens is 2. The van der Waals surface area contributed by atoms with Crippen LogP contribution in [0.1, 0.15) is 0 Å². The molecule has 0 aliphatic carbocycles. The summed E-state index contributed by atoms with van der Waals surface area (Å²) in [5.74, 6) is 0.253. The van der Waals surface area contributed by atoms with E-state index in [2.05, 4.69) is 15.5 Å². The normalized spacial score (nSPS) is 11.6. The molecule has 1 aromatic heterocycles. The van der Waals surface area contributed by atoms with E-state index in [0.717, 1.165) is 15.1 Å². The van der Waals surface area contributed by atoms with Gasteiger partial charge in [-0.3, -0.25) is 10.1 Å². The van der Waals surface area contributed by atoms with Gasteiger partial charge in [-0.1, -0.05) is 35.4 Å². The van der Waals surface area contributed by atoms with Crippen LogP contribution in [-0.4, -0.2) is 49.5 Å². The second-order valence-electron chi connectivity index (χ2n) is 7.07. The first-order chi connectivity index (χ1) is 15.3. The number of anilines is 1. The molecule has 164 valence electrons. The Kier molecular flexibility index (Phi) is 5.89. The summed E-state index contributed by atoms with van der Waals surface area (Å²) in [6.07, 6.45) is 0. The van der Waals surface area contributed by atoms with E-state index in [0.29, 0.717) is 11.3 Å². The SMILES string of the molecule is CN(C)S(=O)(=O)c1ccc(-c2nnc(NC(=O)COc3ccc4ccccc4c3)o2)cc1. The summed E-state index contributed by atoms with van der Waals surface area (Å²) in [6.45, 7) is -0.229. The Balaban J connectivity index is 1.37. The van der Waals surface area contributed by atoms with E-state index < -0.39 is 15.9 Å². The molecule has 0 atom stereocenters. The number of amides is 1. The molecule has 32 heavy (non-hydrogen) atoms. The first kappa shape index (κ1) is 21.5. The maximum absolute atomic E-state index is 12.2. The van der Waals surface area contributed by atoms with Crippen LogP contribution in [0.25, 0.3) is 22.2 Å². The number of ether oxygens (including phenoxy) is 1. The van der Waals surface area contributed by atoms with Gasteiger partial charge in [0.25, 0.3) is 5.91 Å². The van der Waals surface area contributed by atoms with Gasteiger partial charge in [0, 0.05) is 19.7 Å². The summed E-state index contributed by atoms with van der Waals surface area (Å²) in [7, 11) is -0.616. The van der Waals surface area contributed by atoms with Crippen molar-refractivity contribution >= 4 is 32.7 Å². The molecular formula is C22H20N4O5S. The zero-order valence-corrected chi connectivity index (χ0v) is 18.2. The number of nitrogens with zero attached hydrogens (tertiary/aromatic N) is 3. The maximum atomic E-state index is 12.2. The molecule has 9 nitrogen and oxygen atoms in total. The minimum absolute atomic E-state index is 0.0860. The molecule has 1 heterocycles. The molecule has 0 bridgehead atoms. The molecule has 0 saturated carbocycles. The fraction of sp³-hybridized carbons (Fsp3) is 0.136. The summed E-state index contributed by atoms with van der Waals surface area (Å²) < 4.78 is 36.4. The lowest BCUT2D eigenvalue weighted by Gasteiger charge is -2.11. The lowest BCUT2D eigenvalue weighted by Crippen LogP contribution is -2.22. The second-order valence-corrected chi connectivity index (χ2v) is 9.22. The van der Waals surface area contributed by atoms with Crippen LogP contribution in [0.3, 0.4) is 0 Å². The number of rotatable bonds is 7. The van der Waals surface area contributed by atoms with Gasteiger partial charge in [0.15, 0.2) is 6.61 Å². The number of carbonyl (C=O) groups is 1. The fourth-order valence-electron chi connectivity index (χ4n) is 2.93. The highest BCUT2D eigenvalue weighted by Gasteiger charge is 2.18. The minimum atomic E-state index is -3.53. The van der Waals surface area contributed by atoms with Crippen LogP contribution in [0.15, 0.2) is 76.0 Å². The van der Waals surface area contributed by atoms with Crippen LogP contribution in [0.4, 0.5) is 6.01 Å². The zero-order valence-electron chi connectivity index (χ0n) is 17.3. The van der Waals surface area contributed by atoms with Crippen molar-refractivity contribution in [2.24, 2.45) is 0 Å². The molecule has 0 radical (unpaired) electrons. The van der Waals surface area contributed by atoms with E-state index in [1.807, 2.05) is 36.4 Å². The largest absolute Gasteiger partial charge is 0.484 e. The van der Waals surface area contributed by atoms with E-state index in [4.69, 9.17) is 9.15 Å². The molecular weight excluding hydrogens is 432 g/mol. The summed E-state index contributed by atoms with van der Waals surface area (Å²) in [5.41, 5.74) is 0.517. The predicted octanol–water partition coefficient (Wildman–Crippen LogP) is 3.16. The van der Waals surface area contributed by atoms with Crippen molar-refractivity contribution in [3.05, 3.63) is 66.7 Å². The van der Waals surface area contributed by atoms with Crippen molar-refractivity contribution in [2.75, 3.05) is 26.0 Å². The van der Waals surface area contributed by atoms with Crippen molar-refractivity contribution in [1.82, 2.24) is 14.5 Å². The Morgan fingerprint density at radius 2 is 1.72 bits per heavy atom. The van der Waals surface area contributed by atoms with Gasteiger partial charge < -0.3 is 9.15 Å². The molecule has 3 aromatic carbocycles. The Morgan fingerprint density at radius 1 is 1.00 bits per heavy atom. The van der Waals surface area contributed by atoms with Crippen molar-refractivity contribution < 1.29 is 22.4 Å². The molecule has 0 aliphatic rings. The van der Waals surface area contributed by atoms with Crippen LogP contribution >= 0.6 is 0 Å². The number of benzene rings is 3. The van der Waals surface area contributed by atoms with Crippen molar-refractivity contribution in [2.45, 2.75) is 4.90 Å². The van der Waals surface area contributed by atoms with E-state index in [1.54, 1.807) is 18.2 Å². The lowest BCUT2D eigenvalue weighted by atomic mass is 10.1. The third-order valence-electron chi connectivity index (χ3n) is 4.64. The summed E-state index contributed by atoms with van der Waals surface area (Å²) in [5, 5.41) is 12.3. The number of sulfonamides is 1. The van der Waals surface area contributed by atoms with Crippen LogP contribution in [0.5, 0.6) is 5.75 Å². The van der Waals surface area contributed by atoms with E-state index in [1.165, 1.54) is 26.2 Å². The zero-order chi connectivity index (χ0) is 22.7. The van der Waals surface area contributed by atoms with Gasteiger partial charge in [-0.2, -0.15) is 0 Å². The molecule has 0 aliphatic heterocycles. The third kappa shape index (κ3) is 4.61. The first-order valence-electron chi connectivity index (χ1n) is 9.61. The third-order valence-corrected chi connectivity index (χ3v) is 6.47. The van der Waals surface area contributed by atoms with Crippen molar-refractivity contribution in [1.29, 1.82) is 0 Å². The van der Waals surface area contributed by atoms with Gasteiger partial charge in [0.2, 0.25) is 15.9 Å². The molecule has 4 rings (SSSR count). The highest BCUT2D eigenvalue weighted by atomic mass is 32.2. The Morgan fingerprint density at radius 3 is 2.44 bits per heavy atom. The summed E-state index contributed by atoms with van der Waals surface area (Å²) in [6, 6.07) is 19.3. The molecule has 0 unspecified atom stereocenters. The molecule has 0 spiro atoms. The first-order valence-corrected chi connectivity index (χ1v) is 11.0. The minimum Gasteiger partial charge on any atom is -0.484 e. The predicted molar refractivity (Wildman–Crippen MR) is 119 cm³/mol. The van der Waals surface area contributed by atoms with Gasteiger partial charge in [-0.05, 0) is 47.2 Å². The van der Waals surface area contributed by atoms with Gasteiger partial charge in [-0.25, -0.2) is 12.7 Å². The number of fused-ring (bicyclic) bond motifs is 1. The molecule has 1 amide bonds. The molecule has 1 N–H and O–H groups in total. The van der Waals surface area contributed by atoms with Crippen molar-refractivity contribution in [3.8, 4) is 17.2 Å². The summed E-state index contributed by atoms with van der Waals surface area (Å²) >= 11 is 0. The Bertz CT molecular complexity index is 1360. The fourth-order valence-corrected chi connectivity index (χ4v) is 3.83. The molecule has 0 saturated heterocycles. The maximum Gasteiger partial charge on any atom is 0.322 e. The number of hydrogen-bond acceptors (Lipinski definition) is 7. The lowest BCUT2D eigenvalue weighted by molar-refractivity contribution is -0.118. The second kappa shape index (κ2) is 8.77. The quantitative estimate of drug-likeness (QED) is 0.458. The monoisotopic (exact) mass is 452 g/mol. The topological polar surface area (TPSA) is 115 Å². The average Bonchev–Trinajstić information content (AvgIpc) is 3.26. The van der Waals surface area contributed by atoms with E-state index >= 15 is 0 Å². The Hall–Kier alpha value is -3.76. The van der Waals surface area contributed by atoms with Crippen LogP contribution in [0, 0.1) is 0 Å². The number of hydrogen-bond donors (Lipinski definition) is 1. The van der Waals surface area contributed by atoms with Gasteiger partial charge in [0.05, 0.1) is 4.90 Å². The van der Waals surface area contributed by atoms with Crippen LogP contribution in [0.2, 0.25) is 0 Å². The smallest absolute Gasteiger partial charge is 0.322 e. The highest BCUT2D eigenvalue weighted by molar-refractivity contribution is 7.89. The number of nitrogens with one attached hydrogen (secondary N) is 1. The molecule has 4 aromatic rings. The Labute approximate surface area is 184 Å². The van der Waals surface area contributed by atoms with E-state index in [-0.39, 0.29) is 23.4 Å². The number of carbonyl (C=O) groups excluding carboxylic acids is 1. The van der Waals surface area contributed by atoms with Gasteiger partial charge in [0.1, 0.15) is 5.75 Å². The molecule has 0 fully saturated rings. The highest BCUT2D eigenvalue weighted by Crippen LogP contribution is 2.23. The van der Waals surface area contributed by atoms with Gasteiger partial charge in [-0.15, -0.1) is 5.10 Å². The van der Waals surface area contributed by atoms with E-state index in [9.17, 15) is 13.2 Å². The molecule has 10 heteroatoms. The average molecular weight is 452 g/mol. The standard InChI is InChI=1S/C22H20N4O5S/c1-26(2)32(28,29)19-11-8-16(9-12-19)21-24-25-22(31-21)23-20(27)14-30-18-10-7-15-5-3-4-6-17(15)13-18/h3-13H,14H2,1-2H3,(H,23,25,27). The summed E-state index contributed by atoms with van der Waals surface area (Å²) in [4.78, 5) is 12.3. The van der Waals surface area contributed by atoms with Gasteiger partial charge >= 0.3 is 6.01 Å². The van der Waals surface area contributed by atoms with Crippen LogP contribution < -0.4 is 10.1 Å². The van der Waals surface area contributed by atoms with Crippen molar-refractivity contribution in [3.63, 3.8) is 0 Å². The van der Waals surface area contributed by atoms with Crippen LogP contribution in [-0.2, 0) is 14.8 Å².